The average molecular weight is 447 g/mol. The number of nitrogens with one attached hydrogen (secondary N) is 2. The summed E-state index contributed by atoms with van der Waals surface area (Å²) in [5, 5.41) is 9.97. The van der Waals surface area contributed by atoms with Gasteiger partial charge in [-0.15, -0.1) is 0 Å². The van der Waals surface area contributed by atoms with E-state index in [4.69, 9.17) is 10.5 Å². The molecule has 0 saturated carbocycles. The lowest BCUT2D eigenvalue weighted by molar-refractivity contribution is -0.137. The molecular formula is C22H24F3N5O2. The Bertz CT molecular complexity index is 1100. The van der Waals surface area contributed by atoms with Crippen LogP contribution in [0.1, 0.15) is 26.3 Å². The van der Waals surface area contributed by atoms with Crippen LogP contribution in [-0.2, 0) is 6.18 Å². The minimum Gasteiger partial charge on any atom is -0.497 e. The van der Waals surface area contributed by atoms with Crippen LogP contribution in [0.2, 0.25) is 0 Å². The van der Waals surface area contributed by atoms with Gasteiger partial charge >= 0.3 is 12.2 Å². The standard InChI is InChI=1S/C22H24F3N5O2/c1-21(2,3)28-20(31)27-18-17(13-5-11-16(32-4)12-6-13)29-30(19(18)26)15-9-7-14(8-10-15)22(23,24)25/h5-12H,26H2,1-4H3,(H2,27,28,31). The number of urea groups is 1. The highest BCUT2D eigenvalue weighted by Crippen LogP contribution is 2.36. The second-order valence-electron chi connectivity index (χ2n) is 8.12. The number of methoxy groups -OCH3 is 1. The number of carbonyl (C=O) groups is 1. The topological polar surface area (TPSA) is 94.2 Å². The molecule has 0 radical (unpaired) electrons. The predicted molar refractivity (Wildman–Crippen MR) is 117 cm³/mol. The molecule has 0 aliphatic heterocycles. The van der Waals surface area contributed by atoms with Gasteiger partial charge in [-0.2, -0.15) is 18.3 Å². The smallest absolute Gasteiger partial charge is 0.416 e. The van der Waals surface area contributed by atoms with E-state index in [1.54, 1.807) is 24.3 Å². The van der Waals surface area contributed by atoms with Crippen molar-refractivity contribution in [3.8, 4) is 22.7 Å². The van der Waals surface area contributed by atoms with Crippen molar-refractivity contribution in [2.24, 2.45) is 0 Å². The van der Waals surface area contributed by atoms with E-state index >= 15 is 0 Å². The van der Waals surface area contributed by atoms with E-state index in [2.05, 4.69) is 15.7 Å². The number of alkyl halides is 3. The molecule has 0 bridgehead atoms. The maximum atomic E-state index is 12.9. The Morgan fingerprint density at radius 3 is 2.12 bits per heavy atom. The summed E-state index contributed by atoms with van der Waals surface area (Å²) in [5.74, 6) is 0.698. The molecule has 10 heteroatoms. The summed E-state index contributed by atoms with van der Waals surface area (Å²) >= 11 is 0. The van der Waals surface area contributed by atoms with Crippen LogP contribution < -0.4 is 21.1 Å². The first-order valence-corrected chi connectivity index (χ1v) is 9.69. The number of halogens is 3. The third kappa shape index (κ3) is 5.13. The van der Waals surface area contributed by atoms with Crippen molar-refractivity contribution >= 4 is 17.5 Å². The number of aromatic nitrogens is 2. The normalized spacial score (nSPS) is 11.8. The Balaban J connectivity index is 2.07. The highest BCUT2D eigenvalue weighted by atomic mass is 19.4. The molecule has 0 fully saturated rings. The van der Waals surface area contributed by atoms with E-state index < -0.39 is 23.3 Å². The van der Waals surface area contributed by atoms with E-state index in [1.807, 2.05) is 20.8 Å². The van der Waals surface area contributed by atoms with E-state index in [9.17, 15) is 18.0 Å². The van der Waals surface area contributed by atoms with E-state index in [0.29, 0.717) is 22.7 Å². The molecule has 0 atom stereocenters. The average Bonchev–Trinajstić information content (AvgIpc) is 3.02. The summed E-state index contributed by atoms with van der Waals surface area (Å²) in [6.07, 6.45) is -4.46. The lowest BCUT2D eigenvalue weighted by Crippen LogP contribution is -2.43. The van der Waals surface area contributed by atoms with Gasteiger partial charge in [0.25, 0.3) is 0 Å². The molecule has 0 aliphatic rings. The molecule has 32 heavy (non-hydrogen) atoms. The number of nitrogen functional groups attached to an aromatic ring is 1. The van der Waals surface area contributed by atoms with Crippen molar-refractivity contribution in [3.63, 3.8) is 0 Å². The van der Waals surface area contributed by atoms with Gasteiger partial charge < -0.3 is 21.1 Å². The van der Waals surface area contributed by atoms with E-state index in [0.717, 1.165) is 12.1 Å². The Kier molecular flexibility index (Phi) is 6.07. The van der Waals surface area contributed by atoms with Crippen LogP contribution in [0, 0.1) is 0 Å². The monoisotopic (exact) mass is 447 g/mol. The molecule has 1 aromatic heterocycles. The van der Waals surface area contributed by atoms with Crippen molar-refractivity contribution in [2.45, 2.75) is 32.5 Å². The Labute approximate surface area is 183 Å². The van der Waals surface area contributed by atoms with Gasteiger partial charge in [-0.3, -0.25) is 0 Å². The van der Waals surface area contributed by atoms with Crippen LogP contribution in [0.4, 0.5) is 29.5 Å². The SMILES string of the molecule is COc1ccc(-c2nn(-c3ccc(C(F)(F)F)cc3)c(N)c2NC(=O)NC(C)(C)C)cc1. The largest absolute Gasteiger partial charge is 0.497 e. The summed E-state index contributed by atoms with van der Waals surface area (Å²) in [6, 6.07) is 10.9. The Hall–Kier alpha value is -3.69. The number of nitrogens with zero attached hydrogens (tertiary/aromatic N) is 2. The van der Waals surface area contributed by atoms with Gasteiger partial charge in [0.05, 0.1) is 18.4 Å². The molecule has 0 unspecified atom stereocenters. The first kappa shape index (κ1) is 23.0. The first-order chi connectivity index (χ1) is 14.9. The fourth-order valence-corrected chi connectivity index (χ4v) is 2.98. The van der Waals surface area contributed by atoms with E-state index in [-0.39, 0.29) is 11.5 Å². The Morgan fingerprint density at radius 1 is 1.03 bits per heavy atom. The molecule has 0 spiro atoms. The lowest BCUT2D eigenvalue weighted by atomic mass is 10.1. The van der Waals surface area contributed by atoms with Crippen molar-refractivity contribution in [1.29, 1.82) is 0 Å². The van der Waals surface area contributed by atoms with Gasteiger partial charge in [-0.25, -0.2) is 9.48 Å². The molecule has 0 saturated heterocycles. The summed E-state index contributed by atoms with van der Waals surface area (Å²) in [7, 11) is 1.54. The third-order valence-corrected chi connectivity index (χ3v) is 4.45. The summed E-state index contributed by atoms with van der Waals surface area (Å²) in [4.78, 5) is 12.5. The number of carbonyl (C=O) groups excluding carboxylic acids is 1. The summed E-state index contributed by atoms with van der Waals surface area (Å²) in [5.41, 5.74) is 6.53. The maximum Gasteiger partial charge on any atom is 0.416 e. The molecule has 0 aliphatic carbocycles. The second-order valence-corrected chi connectivity index (χ2v) is 8.12. The molecule has 4 N–H and O–H groups in total. The quantitative estimate of drug-likeness (QED) is 0.521. The summed E-state index contributed by atoms with van der Waals surface area (Å²) in [6.45, 7) is 5.48. The fraction of sp³-hybridized carbons (Fsp3) is 0.273. The van der Waals surface area contributed by atoms with Crippen LogP contribution in [-0.4, -0.2) is 28.5 Å². The zero-order chi connectivity index (χ0) is 23.7. The van der Waals surface area contributed by atoms with Crippen molar-refractivity contribution < 1.29 is 22.7 Å². The summed E-state index contributed by atoms with van der Waals surface area (Å²) < 4.78 is 45.2. The zero-order valence-electron chi connectivity index (χ0n) is 18.0. The minimum absolute atomic E-state index is 0.0691. The molecule has 2 aromatic carbocycles. The third-order valence-electron chi connectivity index (χ3n) is 4.45. The van der Waals surface area contributed by atoms with Gasteiger partial charge in [-0.1, -0.05) is 0 Å². The Morgan fingerprint density at radius 2 is 1.62 bits per heavy atom. The maximum absolute atomic E-state index is 12.9. The highest BCUT2D eigenvalue weighted by molar-refractivity contribution is 5.98. The van der Waals surface area contributed by atoms with Gasteiger partial charge in [0, 0.05) is 11.1 Å². The van der Waals surface area contributed by atoms with Crippen molar-refractivity contribution in [3.05, 3.63) is 54.1 Å². The van der Waals surface area contributed by atoms with Gasteiger partial charge in [-0.05, 0) is 69.3 Å². The van der Waals surface area contributed by atoms with Crippen molar-refractivity contribution in [2.75, 3.05) is 18.2 Å². The number of hydrogen-bond acceptors (Lipinski definition) is 4. The predicted octanol–water partition coefficient (Wildman–Crippen LogP) is 5.07. The molecule has 1 heterocycles. The zero-order valence-corrected chi connectivity index (χ0v) is 18.0. The minimum atomic E-state index is -4.46. The number of rotatable bonds is 4. The molecule has 7 nitrogen and oxygen atoms in total. The van der Waals surface area contributed by atoms with Crippen LogP contribution in [0.5, 0.6) is 5.75 Å². The number of benzene rings is 2. The van der Waals surface area contributed by atoms with Crippen molar-refractivity contribution in [1.82, 2.24) is 15.1 Å². The van der Waals surface area contributed by atoms with Gasteiger partial charge in [0.2, 0.25) is 0 Å². The number of nitrogens with two attached hydrogens (primary N) is 1. The second kappa shape index (κ2) is 8.45. The van der Waals surface area contributed by atoms with Gasteiger partial charge in [0.15, 0.2) is 5.82 Å². The molecule has 2 amide bonds. The molecular weight excluding hydrogens is 423 g/mol. The molecule has 170 valence electrons. The lowest BCUT2D eigenvalue weighted by Gasteiger charge is -2.21. The number of anilines is 2. The van der Waals surface area contributed by atoms with Crippen LogP contribution in [0.3, 0.4) is 0 Å². The number of amides is 2. The highest BCUT2D eigenvalue weighted by Gasteiger charge is 2.30. The van der Waals surface area contributed by atoms with E-state index in [1.165, 1.54) is 23.9 Å². The first-order valence-electron chi connectivity index (χ1n) is 9.69. The number of hydrogen-bond donors (Lipinski definition) is 3. The van der Waals surface area contributed by atoms with Crippen LogP contribution in [0.25, 0.3) is 16.9 Å². The fourth-order valence-electron chi connectivity index (χ4n) is 2.98. The van der Waals surface area contributed by atoms with Crippen LogP contribution in [0.15, 0.2) is 48.5 Å². The number of ether oxygens (including phenoxy) is 1. The van der Waals surface area contributed by atoms with Crippen LogP contribution >= 0.6 is 0 Å². The molecule has 3 rings (SSSR count). The van der Waals surface area contributed by atoms with Gasteiger partial charge in [0.1, 0.15) is 17.1 Å². The molecule has 3 aromatic rings.